The first-order valence-corrected chi connectivity index (χ1v) is 10.4. The molecule has 102 valence electrons. The highest BCUT2D eigenvalue weighted by Gasteiger charge is 2.13. The topological polar surface area (TPSA) is 0 Å². The van der Waals surface area contributed by atoms with Gasteiger partial charge >= 0.3 is 0 Å². The minimum absolute atomic E-state index is 1.35. The van der Waals surface area contributed by atoms with Crippen molar-refractivity contribution in [2.45, 2.75) is 9.79 Å². The van der Waals surface area contributed by atoms with Crippen LogP contribution in [0.25, 0.3) is 20.9 Å². The van der Waals surface area contributed by atoms with Crippen LogP contribution in [0.3, 0.4) is 0 Å². The van der Waals surface area contributed by atoms with Crippen LogP contribution in [0.5, 0.6) is 0 Å². The van der Waals surface area contributed by atoms with Gasteiger partial charge in [0.2, 0.25) is 0 Å². The largest absolute Gasteiger partial charge is 0.144 e. The van der Waals surface area contributed by atoms with Gasteiger partial charge in [0.05, 0.1) is 0 Å². The van der Waals surface area contributed by atoms with Gasteiger partial charge in [0, 0.05) is 30.7 Å². The Morgan fingerprint density at radius 1 is 0.750 bits per heavy atom. The lowest BCUT2D eigenvalue weighted by molar-refractivity contribution is 1.37. The molecular formula is C16H14S4. The van der Waals surface area contributed by atoms with Crippen molar-refractivity contribution in [2.24, 2.45) is 0 Å². The van der Waals surface area contributed by atoms with Crippen LogP contribution in [-0.2, 0) is 0 Å². The lowest BCUT2D eigenvalue weighted by Crippen LogP contribution is -1.85. The van der Waals surface area contributed by atoms with Crippen LogP contribution < -0.4 is 0 Å². The summed E-state index contributed by atoms with van der Waals surface area (Å²) in [5, 5.41) is 4.29. The van der Waals surface area contributed by atoms with Crippen LogP contribution in [0.2, 0.25) is 0 Å². The van der Waals surface area contributed by atoms with Gasteiger partial charge in [-0.05, 0) is 47.5 Å². The molecular weight excluding hydrogens is 320 g/mol. The summed E-state index contributed by atoms with van der Waals surface area (Å²) in [6.07, 6.45) is 4.31. The van der Waals surface area contributed by atoms with E-state index in [0.29, 0.717) is 0 Å². The van der Waals surface area contributed by atoms with E-state index in [1.165, 1.54) is 30.7 Å². The van der Waals surface area contributed by atoms with Gasteiger partial charge in [-0.15, -0.1) is 46.2 Å². The molecule has 1 aromatic carbocycles. The molecule has 0 amide bonds. The molecule has 0 atom stereocenters. The molecule has 0 saturated carbocycles. The fraction of sp³-hybridized carbons (Fsp3) is 0.125. The minimum atomic E-state index is 1.35. The van der Waals surface area contributed by atoms with Gasteiger partial charge in [0.1, 0.15) is 0 Å². The molecule has 0 aliphatic carbocycles. The van der Waals surface area contributed by atoms with Gasteiger partial charge in [-0.25, -0.2) is 0 Å². The number of benzene rings is 1. The van der Waals surface area contributed by atoms with Crippen molar-refractivity contribution in [3.05, 3.63) is 47.2 Å². The molecule has 0 fully saturated rings. The van der Waals surface area contributed by atoms with E-state index in [1.807, 2.05) is 46.2 Å². The second-order valence-electron chi connectivity index (χ2n) is 4.21. The molecule has 0 unspecified atom stereocenters. The van der Waals surface area contributed by atoms with E-state index in [-0.39, 0.29) is 0 Å². The van der Waals surface area contributed by atoms with Crippen molar-refractivity contribution in [3.63, 3.8) is 0 Å². The lowest BCUT2D eigenvalue weighted by atomic mass is 10.1. The third-order valence-electron chi connectivity index (χ3n) is 3.09. The van der Waals surface area contributed by atoms with Gasteiger partial charge in [-0.2, -0.15) is 0 Å². The molecule has 3 rings (SSSR count). The van der Waals surface area contributed by atoms with Gasteiger partial charge in [-0.1, -0.05) is 12.1 Å². The van der Waals surface area contributed by atoms with Gasteiger partial charge < -0.3 is 0 Å². The van der Waals surface area contributed by atoms with Crippen molar-refractivity contribution in [2.75, 3.05) is 12.5 Å². The fourth-order valence-corrected chi connectivity index (χ4v) is 5.04. The van der Waals surface area contributed by atoms with Crippen LogP contribution in [0.4, 0.5) is 0 Å². The zero-order valence-electron chi connectivity index (χ0n) is 11.3. The maximum Gasteiger partial charge on any atom is 0.0354 e. The molecule has 20 heavy (non-hydrogen) atoms. The lowest BCUT2D eigenvalue weighted by Gasteiger charge is -2.12. The van der Waals surface area contributed by atoms with Crippen molar-refractivity contribution < 1.29 is 0 Å². The Hall–Kier alpha value is -0.680. The van der Waals surface area contributed by atoms with E-state index in [0.717, 1.165) is 0 Å². The van der Waals surface area contributed by atoms with Gasteiger partial charge in [-0.3, -0.25) is 0 Å². The average Bonchev–Trinajstić information content (AvgIpc) is 3.18. The Morgan fingerprint density at radius 2 is 1.20 bits per heavy atom. The first-order valence-electron chi connectivity index (χ1n) is 6.17. The molecule has 0 aliphatic rings. The summed E-state index contributed by atoms with van der Waals surface area (Å²) in [5.74, 6) is 0. The molecule has 0 radical (unpaired) electrons. The van der Waals surface area contributed by atoms with Crippen LogP contribution >= 0.6 is 46.2 Å². The third-order valence-corrected chi connectivity index (χ3v) is 6.46. The second-order valence-corrected chi connectivity index (χ2v) is 7.80. The standard InChI is InChI=1S/C16H14S4/c1-17-15-9-12(14-6-4-8-20-14)16(18-2)10-11(15)13-5-3-7-19-13/h3-10H,1-2H3. The van der Waals surface area contributed by atoms with Crippen LogP contribution in [0.1, 0.15) is 0 Å². The predicted molar refractivity (Wildman–Crippen MR) is 96.6 cm³/mol. The van der Waals surface area contributed by atoms with E-state index in [1.54, 1.807) is 0 Å². The molecule has 0 saturated heterocycles. The van der Waals surface area contributed by atoms with Crippen molar-refractivity contribution in [1.82, 2.24) is 0 Å². The number of hydrogen-bond donors (Lipinski definition) is 0. The summed E-state index contributed by atoms with van der Waals surface area (Å²) < 4.78 is 0. The average molecular weight is 335 g/mol. The quantitative estimate of drug-likeness (QED) is 0.494. The molecule has 4 heteroatoms. The summed E-state index contributed by atoms with van der Waals surface area (Å²) in [7, 11) is 0. The van der Waals surface area contributed by atoms with E-state index < -0.39 is 0 Å². The Labute approximate surface area is 136 Å². The molecule has 0 nitrogen and oxygen atoms in total. The van der Waals surface area contributed by atoms with Crippen LogP contribution in [0, 0.1) is 0 Å². The highest BCUT2D eigenvalue weighted by Crippen LogP contribution is 2.42. The van der Waals surface area contributed by atoms with E-state index in [2.05, 4.69) is 59.7 Å². The molecule has 3 aromatic rings. The Morgan fingerprint density at radius 3 is 1.50 bits per heavy atom. The van der Waals surface area contributed by atoms with Gasteiger partial charge in [0.15, 0.2) is 0 Å². The summed E-state index contributed by atoms with van der Waals surface area (Å²) >= 11 is 7.27. The summed E-state index contributed by atoms with van der Waals surface area (Å²) in [5.41, 5.74) is 2.72. The van der Waals surface area contributed by atoms with Crippen LogP contribution in [-0.4, -0.2) is 12.5 Å². The predicted octanol–water partition coefficient (Wildman–Crippen LogP) is 6.59. The number of thiophene rings is 2. The molecule has 0 spiro atoms. The van der Waals surface area contributed by atoms with E-state index in [4.69, 9.17) is 0 Å². The zero-order chi connectivity index (χ0) is 13.9. The SMILES string of the molecule is CSc1cc(-c2cccs2)c(SC)cc1-c1cccs1. The zero-order valence-corrected chi connectivity index (χ0v) is 14.5. The van der Waals surface area contributed by atoms with Crippen molar-refractivity contribution in [1.29, 1.82) is 0 Å². The number of hydrogen-bond acceptors (Lipinski definition) is 4. The Kier molecular flexibility index (Phi) is 4.56. The summed E-state index contributed by atoms with van der Waals surface area (Å²) in [4.78, 5) is 5.41. The molecule has 2 aromatic heterocycles. The molecule has 0 aliphatic heterocycles. The highest BCUT2D eigenvalue weighted by molar-refractivity contribution is 7.99. The second kappa shape index (κ2) is 6.39. The minimum Gasteiger partial charge on any atom is -0.144 e. The maximum atomic E-state index is 2.34. The van der Waals surface area contributed by atoms with E-state index >= 15 is 0 Å². The van der Waals surface area contributed by atoms with Crippen molar-refractivity contribution >= 4 is 46.2 Å². The highest BCUT2D eigenvalue weighted by atomic mass is 32.2. The number of thioether (sulfide) groups is 2. The fourth-order valence-electron chi connectivity index (χ4n) is 2.15. The Balaban J connectivity index is 2.19. The summed E-state index contributed by atoms with van der Waals surface area (Å²) in [6, 6.07) is 13.3. The first-order chi connectivity index (χ1) is 9.83. The van der Waals surface area contributed by atoms with Crippen LogP contribution in [0.15, 0.2) is 56.9 Å². The molecule has 0 bridgehead atoms. The number of rotatable bonds is 4. The maximum absolute atomic E-state index is 2.34. The summed E-state index contributed by atoms with van der Waals surface area (Å²) in [6.45, 7) is 0. The smallest absolute Gasteiger partial charge is 0.0354 e. The monoisotopic (exact) mass is 334 g/mol. The molecule has 0 N–H and O–H groups in total. The van der Waals surface area contributed by atoms with Crippen molar-refractivity contribution in [3.8, 4) is 20.9 Å². The van der Waals surface area contributed by atoms with Gasteiger partial charge in [0.25, 0.3) is 0 Å². The molecule has 2 heterocycles. The normalized spacial score (nSPS) is 10.9. The Bertz CT molecular complexity index is 620. The third kappa shape index (κ3) is 2.70. The van der Waals surface area contributed by atoms with E-state index in [9.17, 15) is 0 Å². The first kappa shape index (κ1) is 14.3.